The van der Waals surface area contributed by atoms with Gasteiger partial charge in [-0.15, -0.1) is 0 Å². The molecule has 2 rings (SSSR count). The van der Waals surface area contributed by atoms with Gasteiger partial charge in [0.15, 0.2) is 11.6 Å². The average Bonchev–Trinajstić information content (AvgIpc) is 2.89. The minimum absolute atomic E-state index is 0.171. The van der Waals surface area contributed by atoms with Crippen molar-refractivity contribution in [3.63, 3.8) is 0 Å². The summed E-state index contributed by atoms with van der Waals surface area (Å²) in [5, 5.41) is 4.40. The van der Waals surface area contributed by atoms with E-state index in [4.69, 9.17) is 4.74 Å². The maximum absolute atomic E-state index is 13.9. The molecule has 0 saturated heterocycles. The van der Waals surface area contributed by atoms with Crippen LogP contribution in [0.25, 0.3) is 0 Å². The maximum Gasteiger partial charge on any atom is 0.246 e. The molecule has 1 aromatic carbocycles. The monoisotopic (exact) mass is 397 g/mol. The second-order valence-corrected chi connectivity index (χ2v) is 8.41. The first-order valence-electron chi connectivity index (χ1n) is 9.12. The highest BCUT2D eigenvalue weighted by molar-refractivity contribution is 7.89. The molecule has 0 spiro atoms. The zero-order valence-electron chi connectivity index (χ0n) is 16.6. The van der Waals surface area contributed by atoms with Crippen molar-refractivity contribution in [2.45, 2.75) is 52.0 Å². The van der Waals surface area contributed by atoms with Crippen LogP contribution in [-0.4, -0.2) is 42.7 Å². The largest absolute Gasteiger partial charge is 0.494 e. The highest BCUT2D eigenvalue weighted by Crippen LogP contribution is 2.25. The predicted octanol–water partition coefficient (Wildman–Crippen LogP) is 3.51. The lowest BCUT2D eigenvalue weighted by Gasteiger charge is -2.21. The second-order valence-electron chi connectivity index (χ2n) is 6.53. The van der Waals surface area contributed by atoms with Crippen LogP contribution in [0.4, 0.5) is 4.39 Å². The molecule has 6 nitrogen and oxygen atoms in total. The van der Waals surface area contributed by atoms with Crippen molar-refractivity contribution in [1.82, 2.24) is 14.1 Å². The van der Waals surface area contributed by atoms with Crippen molar-refractivity contribution in [3.8, 4) is 5.75 Å². The van der Waals surface area contributed by atoms with Gasteiger partial charge in [-0.1, -0.05) is 19.9 Å². The lowest BCUT2D eigenvalue weighted by molar-refractivity contribution is 0.386. The summed E-state index contributed by atoms with van der Waals surface area (Å²) < 4.78 is 48.3. The van der Waals surface area contributed by atoms with Crippen LogP contribution in [0.15, 0.2) is 23.1 Å². The fourth-order valence-electron chi connectivity index (χ4n) is 3.17. The molecule has 8 heteroatoms. The van der Waals surface area contributed by atoms with Gasteiger partial charge in [0.2, 0.25) is 10.0 Å². The molecule has 1 aromatic heterocycles. The Balaban J connectivity index is 2.39. The predicted molar refractivity (Wildman–Crippen MR) is 103 cm³/mol. The summed E-state index contributed by atoms with van der Waals surface area (Å²) in [6, 6.07) is 4.68. The molecular weight excluding hydrogens is 369 g/mol. The van der Waals surface area contributed by atoms with Gasteiger partial charge in [-0.25, -0.2) is 12.8 Å². The molecule has 1 heterocycles. The molecule has 0 N–H and O–H groups in total. The number of methoxy groups -OCH3 is 1. The van der Waals surface area contributed by atoms with Crippen LogP contribution in [0.5, 0.6) is 5.75 Å². The van der Waals surface area contributed by atoms with Gasteiger partial charge in [0, 0.05) is 13.1 Å². The number of halogens is 1. The molecule has 0 aliphatic carbocycles. The Morgan fingerprint density at radius 2 is 1.81 bits per heavy atom. The van der Waals surface area contributed by atoms with Gasteiger partial charge < -0.3 is 4.74 Å². The minimum atomic E-state index is -3.62. The van der Waals surface area contributed by atoms with Gasteiger partial charge in [-0.05, 0) is 44.4 Å². The molecule has 27 heavy (non-hydrogen) atoms. The number of hydrogen-bond donors (Lipinski definition) is 0. The molecule has 150 valence electrons. The summed E-state index contributed by atoms with van der Waals surface area (Å²) >= 11 is 0. The topological polar surface area (TPSA) is 64.4 Å². The van der Waals surface area contributed by atoms with Crippen LogP contribution in [0.3, 0.4) is 0 Å². The van der Waals surface area contributed by atoms with Crippen LogP contribution < -0.4 is 4.74 Å². The Morgan fingerprint density at radius 1 is 1.19 bits per heavy atom. The van der Waals surface area contributed by atoms with E-state index in [9.17, 15) is 12.8 Å². The molecule has 0 saturated carbocycles. The number of aryl methyl sites for hydroxylation is 1. The molecule has 0 unspecified atom stereocenters. The molecule has 0 atom stereocenters. The highest BCUT2D eigenvalue weighted by Gasteiger charge is 2.30. The fourth-order valence-corrected chi connectivity index (χ4v) is 5.17. The third kappa shape index (κ3) is 4.50. The van der Waals surface area contributed by atoms with Gasteiger partial charge in [-0.2, -0.15) is 9.40 Å². The zero-order valence-corrected chi connectivity index (χ0v) is 17.4. The number of sulfonamides is 1. The first kappa shape index (κ1) is 21.4. The molecular formula is C19H28FN3O3S. The summed E-state index contributed by atoms with van der Waals surface area (Å²) in [7, 11) is -2.21. The van der Waals surface area contributed by atoms with E-state index in [1.54, 1.807) is 30.7 Å². The van der Waals surface area contributed by atoms with Gasteiger partial charge in [-0.3, -0.25) is 4.68 Å². The summed E-state index contributed by atoms with van der Waals surface area (Å²) in [6.45, 7) is 8.58. The summed E-state index contributed by atoms with van der Waals surface area (Å²) in [5.41, 5.74) is 1.70. The molecule has 0 bridgehead atoms. The van der Waals surface area contributed by atoms with Gasteiger partial charge >= 0.3 is 0 Å². The third-order valence-electron chi connectivity index (χ3n) is 4.41. The third-order valence-corrected chi connectivity index (χ3v) is 6.56. The number of rotatable bonds is 9. The van der Waals surface area contributed by atoms with Crippen molar-refractivity contribution in [3.05, 3.63) is 41.0 Å². The van der Waals surface area contributed by atoms with Crippen molar-refractivity contribution >= 4 is 10.0 Å². The quantitative estimate of drug-likeness (QED) is 0.650. The molecule has 0 radical (unpaired) electrons. The van der Waals surface area contributed by atoms with Crippen LogP contribution in [-0.2, 0) is 16.6 Å². The van der Waals surface area contributed by atoms with E-state index in [1.807, 2.05) is 13.8 Å². The highest BCUT2D eigenvalue weighted by atomic mass is 32.2. The van der Waals surface area contributed by atoms with Gasteiger partial charge in [0.1, 0.15) is 4.90 Å². The van der Waals surface area contributed by atoms with E-state index in [-0.39, 0.29) is 17.2 Å². The average molecular weight is 398 g/mol. The van der Waals surface area contributed by atoms with Crippen molar-refractivity contribution in [1.29, 1.82) is 0 Å². The van der Waals surface area contributed by atoms with E-state index >= 15 is 0 Å². The first-order valence-corrected chi connectivity index (χ1v) is 10.6. The number of nitrogens with zero attached hydrogens (tertiary/aromatic N) is 3. The Hall–Kier alpha value is -1.93. The number of aromatic nitrogens is 2. The summed E-state index contributed by atoms with van der Waals surface area (Å²) in [4.78, 5) is 0.249. The Kier molecular flexibility index (Phi) is 7.00. The molecule has 0 fully saturated rings. The van der Waals surface area contributed by atoms with Gasteiger partial charge in [0.25, 0.3) is 0 Å². The summed E-state index contributed by atoms with van der Waals surface area (Å²) in [6.07, 6.45) is 1.49. The van der Waals surface area contributed by atoms with E-state index < -0.39 is 15.8 Å². The number of ether oxygens (including phenoxy) is 1. The number of hydrogen-bond acceptors (Lipinski definition) is 4. The zero-order chi connectivity index (χ0) is 20.2. The van der Waals surface area contributed by atoms with Crippen LogP contribution in [0.1, 0.15) is 43.6 Å². The second kappa shape index (κ2) is 8.84. The van der Waals surface area contributed by atoms with E-state index in [1.165, 1.54) is 17.5 Å². The van der Waals surface area contributed by atoms with Crippen LogP contribution in [0.2, 0.25) is 0 Å². The lowest BCUT2D eigenvalue weighted by Crippen LogP contribution is -2.33. The maximum atomic E-state index is 13.9. The lowest BCUT2D eigenvalue weighted by atomic mass is 10.2. The fraction of sp³-hybridized carbons (Fsp3) is 0.526. The Morgan fingerprint density at radius 3 is 2.33 bits per heavy atom. The first-order chi connectivity index (χ1) is 12.8. The normalized spacial score (nSPS) is 12.0. The molecule has 0 aliphatic rings. The van der Waals surface area contributed by atoms with E-state index in [0.717, 1.165) is 12.8 Å². The SMILES string of the molecule is CCCN(CCC)S(=O)(=O)c1c(C)nn(Cc2ccc(OC)c(F)c2)c1C. The Labute approximate surface area is 161 Å². The minimum Gasteiger partial charge on any atom is -0.494 e. The standard InChI is InChI=1S/C19H28FN3O3S/c1-6-10-22(11-7-2)27(24,25)19-14(3)21-23(15(19)4)13-16-8-9-18(26-5)17(20)12-16/h8-9,12H,6-7,10-11,13H2,1-5H3. The Bertz CT molecular complexity index is 888. The van der Waals surface area contributed by atoms with Crippen molar-refractivity contribution in [2.75, 3.05) is 20.2 Å². The van der Waals surface area contributed by atoms with E-state index in [2.05, 4.69) is 5.10 Å². The van der Waals surface area contributed by atoms with Crippen LogP contribution in [0, 0.1) is 19.7 Å². The molecule has 0 aliphatic heterocycles. The van der Waals surface area contributed by atoms with Gasteiger partial charge in [0.05, 0.1) is 25.0 Å². The number of benzene rings is 1. The van der Waals surface area contributed by atoms with Crippen molar-refractivity contribution < 1.29 is 17.5 Å². The smallest absolute Gasteiger partial charge is 0.246 e. The van der Waals surface area contributed by atoms with Crippen molar-refractivity contribution in [2.24, 2.45) is 0 Å². The summed E-state index contributed by atoms with van der Waals surface area (Å²) in [5.74, 6) is -0.286. The van der Waals surface area contributed by atoms with E-state index in [0.29, 0.717) is 30.0 Å². The molecule has 2 aromatic rings. The van der Waals surface area contributed by atoms with Crippen LogP contribution >= 0.6 is 0 Å². The molecule has 0 amide bonds.